The maximum atomic E-state index is 11.0. The van der Waals surface area contributed by atoms with Gasteiger partial charge in [-0.15, -0.1) is 0 Å². The van der Waals surface area contributed by atoms with E-state index < -0.39 is 5.91 Å². The van der Waals surface area contributed by atoms with Crippen LogP contribution in [-0.2, 0) is 6.54 Å². The third kappa shape index (κ3) is 3.25. The van der Waals surface area contributed by atoms with Gasteiger partial charge in [-0.1, -0.05) is 0 Å². The average molecular weight is 259 g/mol. The SMILES string of the molecule is CC(Cn1ccnc1)Nc1ccc(C(N)=O)cc1N. The molecule has 1 aromatic carbocycles. The average Bonchev–Trinajstić information content (AvgIpc) is 2.84. The molecule has 6 nitrogen and oxygen atoms in total. The Morgan fingerprint density at radius 3 is 2.89 bits per heavy atom. The fourth-order valence-corrected chi connectivity index (χ4v) is 1.87. The molecular formula is C13H17N5O. The number of rotatable bonds is 5. The van der Waals surface area contributed by atoms with E-state index in [1.165, 1.54) is 0 Å². The number of carbonyl (C=O) groups excluding carboxylic acids is 1. The molecule has 0 aliphatic carbocycles. The predicted octanol–water partition coefficient (Wildman–Crippen LogP) is 1.06. The molecule has 1 unspecified atom stereocenters. The van der Waals surface area contributed by atoms with Gasteiger partial charge in [0.15, 0.2) is 0 Å². The minimum atomic E-state index is -0.482. The van der Waals surface area contributed by atoms with Crippen molar-refractivity contribution >= 4 is 17.3 Å². The highest BCUT2D eigenvalue weighted by atomic mass is 16.1. The minimum Gasteiger partial charge on any atom is -0.397 e. The van der Waals surface area contributed by atoms with Crippen molar-refractivity contribution in [2.45, 2.75) is 19.5 Å². The molecule has 1 aromatic heterocycles. The zero-order chi connectivity index (χ0) is 13.8. The summed E-state index contributed by atoms with van der Waals surface area (Å²) in [5, 5.41) is 3.29. The molecule has 2 rings (SSSR count). The number of nitrogens with two attached hydrogens (primary N) is 2. The summed E-state index contributed by atoms with van der Waals surface area (Å²) in [5.74, 6) is -0.482. The van der Waals surface area contributed by atoms with E-state index in [0.717, 1.165) is 12.2 Å². The topological polar surface area (TPSA) is 99.0 Å². The van der Waals surface area contributed by atoms with Crippen LogP contribution in [0.5, 0.6) is 0 Å². The Balaban J connectivity index is 2.04. The molecule has 0 spiro atoms. The van der Waals surface area contributed by atoms with Crippen LogP contribution in [0.2, 0.25) is 0 Å². The molecule has 0 aliphatic heterocycles. The van der Waals surface area contributed by atoms with Gasteiger partial charge in [0.25, 0.3) is 0 Å². The number of anilines is 2. The van der Waals surface area contributed by atoms with Crippen molar-refractivity contribution in [3.8, 4) is 0 Å². The molecule has 1 atom stereocenters. The fourth-order valence-electron chi connectivity index (χ4n) is 1.87. The Morgan fingerprint density at radius 1 is 1.53 bits per heavy atom. The first-order valence-electron chi connectivity index (χ1n) is 5.98. The van der Waals surface area contributed by atoms with Crippen LogP contribution in [0.4, 0.5) is 11.4 Å². The van der Waals surface area contributed by atoms with Gasteiger partial charge in [-0.2, -0.15) is 0 Å². The lowest BCUT2D eigenvalue weighted by Crippen LogP contribution is -2.22. The summed E-state index contributed by atoms with van der Waals surface area (Å²) >= 11 is 0. The number of nitrogens with zero attached hydrogens (tertiary/aromatic N) is 2. The Labute approximate surface area is 111 Å². The molecular weight excluding hydrogens is 242 g/mol. The van der Waals surface area contributed by atoms with Crippen LogP contribution in [0.15, 0.2) is 36.9 Å². The maximum absolute atomic E-state index is 11.0. The quantitative estimate of drug-likeness (QED) is 0.699. The molecule has 0 fully saturated rings. The van der Waals surface area contributed by atoms with Gasteiger partial charge in [0.1, 0.15) is 0 Å². The van der Waals surface area contributed by atoms with Crippen molar-refractivity contribution in [3.63, 3.8) is 0 Å². The number of benzene rings is 1. The van der Waals surface area contributed by atoms with Gasteiger partial charge >= 0.3 is 0 Å². The Hall–Kier alpha value is -2.50. The first-order chi connectivity index (χ1) is 9.06. The number of imidazole rings is 1. The van der Waals surface area contributed by atoms with Crippen LogP contribution in [0.3, 0.4) is 0 Å². The summed E-state index contributed by atoms with van der Waals surface area (Å²) in [6.45, 7) is 2.82. The first kappa shape index (κ1) is 12.9. The van der Waals surface area contributed by atoms with Gasteiger partial charge in [0.2, 0.25) is 5.91 Å². The Morgan fingerprint density at radius 2 is 2.32 bits per heavy atom. The Kier molecular flexibility index (Phi) is 3.70. The normalized spacial score (nSPS) is 12.1. The van der Waals surface area contributed by atoms with E-state index in [4.69, 9.17) is 11.5 Å². The summed E-state index contributed by atoms with van der Waals surface area (Å²) in [5.41, 5.74) is 12.8. The van der Waals surface area contributed by atoms with Crippen LogP contribution in [-0.4, -0.2) is 21.5 Å². The predicted molar refractivity (Wildman–Crippen MR) is 74.7 cm³/mol. The van der Waals surface area contributed by atoms with Crippen molar-refractivity contribution < 1.29 is 4.79 Å². The molecule has 1 amide bonds. The van der Waals surface area contributed by atoms with E-state index in [9.17, 15) is 4.79 Å². The Bertz CT molecular complexity index is 564. The van der Waals surface area contributed by atoms with Crippen molar-refractivity contribution in [2.24, 2.45) is 5.73 Å². The summed E-state index contributed by atoms with van der Waals surface area (Å²) < 4.78 is 1.98. The van der Waals surface area contributed by atoms with Crippen molar-refractivity contribution in [1.82, 2.24) is 9.55 Å². The van der Waals surface area contributed by atoms with Crippen molar-refractivity contribution in [3.05, 3.63) is 42.5 Å². The molecule has 0 bridgehead atoms. The molecule has 5 N–H and O–H groups in total. The highest BCUT2D eigenvalue weighted by Gasteiger charge is 2.08. The summed E-state index contributed by atoms with van der Waals surface area (Å²) in [6.07, 6.45) is 5.40. The maximum Gasteiger partial charge on any atom is 0.248 e. The number of hydrogen-bond donors (Lipinski definition) is 3. The van der Waals surface area contributed by atoms with Gasteiger partial charge in [0, 0.05) is 30.5 Å². The van der Waals surface area contributed by atoms with Crippen LogP contribution in [0.25, 0.3) is 0 Å². The third-order valence-electron chi connectivity index (χ3n) is 2.78. The molecule has 6 heteroatoms. The molecule has 19 heavy (non-hydrogen) atoms. The minimum absolute atomic E-state index is 0.177. The molecule has 0 saturated heterocycles. The van der Waals surface area contributed by atoms with Crippen LogP contribution in [0, 0.1) is 0 Å². The lowest BCUT2D eigenvalue weighted by atomic mass is 10.1. The highest BCUT2D eigenvalue weighted by molar-refractivity contribution is 5.94. The second-order valence-corrected chi connectivity index (χ2v) is 4.47. The van der Waals surface area contributed by atoms with Crippen LogP contribution >= 0.6 is 0 Å². The molecule has 100 valence electrons. The number of amides is 1. The van der Waals surface area contributed by atoms with E-state index in [-0.39, 0.29) is 6.04 Å². The number of hydrogen-bond acceptors (Lipinski definition) is 4. The van der Waals surface area contributed by atoms with Gasteiger partial charge in [-0.25, -0.2) is 4.98 Å². The van der Waals surface area contributed by atoms with E-state index in [2.05, 4.69) is 10.3 Å². The number of carbonyl (C=O) groups is 1. The third-order valence-corrected chi connectivity index (χ3v) is 2.78. The van der Waals surface area contributed by atoms with Crippen molar-refractivity contribution in [2.75, 3.05) is 11.1 Å². The van der Waals surface area contributed by atoms with E-state index >= 15 is 0 Å². The number of primary amides is 1. The number of nitrogen functional groups attached to an aromatic ring is 1. The monoisotopic (exact) mass is 259 g/mol. The first-order valence-corrected chi connectivity index (χ1v) is 5.98. The van der Waals surface area contributed by atoms with E-state index in [1.54, 1.807) is 30.7 Å². The zero-order valence-corrected chi connectivity index (χ0v) is 10.7. The van der Waals surface area contributed by atoms with Gasteiger partial charge in [-0.05, 0) is 25.1 Å². The van der Waals surface area contributed by atoms with Gasteiger partial charge < -0.3 is 21.4 Å². The molecule has 0 aliphatic rings. The smallest absolute Gasteiger partial charge is 0.248 e. The molecule has 1 heterocycles. The van der Waals surface area contributed by atoms with E-state index in [1.807, 2.05) is 17.7 Å². The number of aromatic nitrogens is 2. The zero-order valence-electron chi connectivity index (χ0n) is 10.7. The largest absolute Gasteiger partial charge is 0.397 e. The van der Waals surface area contributed by atoms with Crippen LogP contribution in [0.1, 0.15) is 17.3 Å². The van der Waals surface area contributed by atoms with Crippen LogP contribution < -0.4 is 16.8 Å². The molecule has 0 saturated carbocycles. The highest BCUT2D eigenvalue weighted by Crippen LogP contribution is 2.20. The van der Waals surface area contributed by atoms with Gasteiger partial charge in [-0.3, -0.25) is 4.79 Å². The second kappa shape index (κ2) is 5.43. The lowest BCUT2D eigenvalue weighted by Gasteiger charge is -2.17. The number of nitrogens with one attached hydrogen (secondary N) is 1. The summed E-state index contributed by atoms with van der Waals surface area (Å²) in [7, 11) is 0. The van der Waals surface area contributed by atoms with Crippen molar-refractivity contribution in [1.29, 1.82) is 0 Å². The van der Waals surface area contributed by atoms with E-state index in [0.29, 0.717) is 11.3 Å². The molecule has 2 aromatic rings. The summed E-state index contributed by atoms with van der Waals surface area (Å²) in [4.78, 5) is 15.0. The molecule has 0 radical (unpaired) electrons. The standard InChI is InChI=1S/C13H17N5O/c1-9(7-18-5-4-16-8-18)17-12-3-2-10(13(15)19)6-11(12)14/h2-6,8-9,17H,7,14H2,1H3,(H2,15,19). The second-order valence-electron chi connectivity index (χ2n) is 4.47. The lowest BCUT2D eigenvalue weighted by molar-refractivity contribution is 0.100. The summed E-state index contributed by atoms with van der Waals surface area (Å²) in [6, 6.07) is 5.18. The van der Waals surface area contributed by atoms with Gasteiger partial charge in [0.05, 0.1) is 17.7 Å². The fraction of sp³-hybridized carbons (Fsp3) is 0.231.